The van der Waals surface area contributed by atoms with Crippen molar-refractivity contribution in [3.05, 3.63) is 42.1 Å². The molecule has 1 N–H and O–H groups in total. The summed E-state index contributed by atoms with van der Waals surface area (Å²) in [6.45, 7) is 3.07. The first kappa shape index (κ1) is 13.5. The molecule has 1 aliphatic heterocycles. The number of nitrogens with zero attached hydrogens (tertiary/aromatic N) is 1. The maximum absolute atomic E-state index is 6.13. The van der Waals surface area contributed by atoms with Crippen LogP contribution in [0.4, 0.5) is 0 Å². The molecular formula is C17H22N2O. The Kier molecular flexibility index (Phi) is 3.72. The van der Waals surface area contributed by atoms with E-state index in [-0.39, 0.29) is 11.6 Å². The molecule has 0 amide bonds. The predicted octanol–water partition coefficient (Wildman–Crippen LogP) is 3.45. The molecule has 3 nitrogen and oxygen atoms in total. The molecule has 1 aromatic heterocycles. The molecule has 3 heteroatoms. The highest BCUT2D eigenvalue weighted by molar-refractivity contribution is 5.82. The Hall–Kier alpha value is -1.45. The molecule has 106 valence electrons. The van der Waals surface area contributed by atoms with Crippen LogP contribution in [-0.4, -0.2) is 24.2 Å². The molecule has 2 heterocycles. The molecule has 0 bridgehead atoms. The number of likely N-dealkylation sites (N-methyl/N-ethyl adjacent to an activating group) is 1. The smallest absolute Gasteiger partial charge is 0.0849 e. The maximum Gasteiger partial charge on any atom is 0.0849 e. The average molecular weight is 270 g/mol. The second-order valence-corrected chi connectivity index (χ2v) is 5.76. The topological polar surface area (TPSA) is 34.2 Å². The molecule has 1 aromatic carbocycles. The minimum Gasteiger partial charge on any atom is -0.373 e. The van der Waals surface area contributed by atoms with Crippen molar-refractivity contribution in [2.75, 3.05) is 13.7 Å². The highest BCUT2D eigenvalue weighted by Gasteiger charge is 2.37. The number of nitrogens with one attached hydrogen (secondary N) is 1. The van der Waals surface area contributed by atoms with Crippen molar-refractivity contribution in [2.45, 2.75) is 37.8 Å². The third-order valence-corrected chi connectivity index (χ3v) is 4.37. The van der Waals surface area contributed by atoms with Gasteiger partial charge in [-0.15, -0.1) is 0 Å². The van der Waals surface area contributed by atoms with Gasteiger partial charge < -0.3 is 10.1 Å². The van der Waals surface area contributed by atoms with Crippen LogP contribution in [0.2, 0.25) is 0 Å². The zero-order chi connectivity index (χ0) is 14.0. The summed E-state index contributed by atoms with van der Waals surface area (Å²) in [6.07, 6.45) is 5.34. The molecule has 1 fully saturated rings. The summed E-state index contributed by atoms with van der Waals surface area (Å²) in [7, 11) is 2.01. The van der Waals surface area contributed by atoms with Crippen molar-refractivity contribution in [2.24, 2.45) is 0 Å². The molecule has 3 rings (SSSR count). The van der Waals surface area contributed by atoms with Crippen LogP contribution in [-0.2, 0) is 4.74 Å². The Morgan fingerprint density at radius 3 is 2.85 bits per heavy atom. The number of para-hydroxylation sites is 1. The second-order valence-electron chi connectivity index (χ2n) is 5.76. The first-order valence-corrected chi connectivity index (χ1v) is 7.39. The minimum atomic E-state index is -0.154. The zero-order valence-corrected chi connectivity index (χ0v) is 12.2. The van der Waals surface area contributed by atoms with Crippen LogP contribution in [0.3, 0.4) is 0 Å². The van der Waals surface area contributed by atoms with Crippen LogP contribution in [0.15, 0.2) is 36.5 Å². The molecule has 20 heavy (non-hydrogen) atoms. The van der Waals surface area contributed by atoms with E-state index in [0.717, 1.165) is 18.5 Å². The summed E-state index contributed by atoms with van der Waals surface area (Å²) in [5, 5.41) is 4.64. The van der Waals surface area contributed by atoms with Crippen LogP contribution in [0.1, 0.15) is 37.8 Å². The lowest BCUT2D eigenvalue weighted by molar-refractivity contribution is -0.0882. The molecule has 1 saturated heterocycles. The van der Waals surface area contributed by atoms with Gasteiger partial charge in [0.1, 0.15) is 0 Å². The van der Waals surface area contributed by atoms with Gasteiger partial charge in [-0.2, -0.15) is 0 Å². The Balaban J connectivity index is 2.07. The van der Waals surface area contributed by atoms with Crippen molar-refractivity contribution in [1.82, 2.24) is 10.3 Å². The van der Waals surface area contributed by atoms with Gasteiger partial charge in [0.15, 0.2) is 0 Å². The lowest BCUT2D eigenvalue weighted by atomic mass is 9.83. The van der Waals surface area contributed by atoms with Gasteiger partial charge in [-0.3, -0.25) is 4.98 Å². The van der Waals surface area contributed by atoms with Crippen LogP contribution in [0.5, 0.6) is 0 Å². The van der Waals surface area contributed by atoms with Gasteiger partial charge in [0.25, 0.3) is 0 Å². The third-order valence-electron chi connectivity index (χ3n) is 4.37. The quantitative estimate of drug-likeness (QED) is 0.927. The first-order chi connectivity index (χ1) is 9.74. The number of benzene rings is 1. The summed E-state index contributed by atoms with van der Waals surface area (Å²) < 4.78 is 6.13. The summed E-state index contributed by atoms with van der Waals surface area (Å²) >= 11 is 0. The van der Waals surface area contributed by atoms with E-state index in [1.54, 1.807) is 0 Å². The third kappa shape index (κ3) is 2.32. The first-order valence-electron chi connectivity index (χ1n) is 7.39. The van der Waals surface area contributed by atoms with E-state index in [1.807, 2.05) is 19.3 Å². The SMILES string of the molecule is CNC(c1cccc2cccnc12)C1(C)CCCCO1. The number of fused-ring (bicyclic) bond motifs is 1. The largest absolute Gasteiger partial charge is 0.373 e. The van der Waals surface area contributed by atoms with Crippen molar-refractivity contribution in [3.8, 4) is 0 Å². The van der Waals surface area contributed by atoms with Gasteiger partial charge in [0.2, 0.25) is 0 Å². The fourth-order valence-electron chi connectivity index (χ4n) is 3.33. The molecule has 2 unspecified atom stereocenters. The van der Waals surface area contributed by atoms with Crippen molar-refractivity contribution in [3.63, 3.8) is 0 Å². The highest BCUT2D eigenvalue weighted by atomic mass is 16.5. The van der Waals surface area contributed by atoms with E-state index in [4.69, 9.17) is 4.74 Å². The van der Waals surface area contributed by atoms with Crippen molar-refractivity contribution >= 4 is 10.9 Å². The van der Waals surface area contributed by atoms with E-state index >= 15 is 0 Å². The monoisotopic (exact) mass is 270 g/mol. The van der Waals surface area contributed by atoms with Crippen LogP contribution in [0, 0.1) is 0 Å². The number of hydrogen-bond donors (Lipinski definition) is 1. The highest BCUT2D eigenvalue weighted by Crippen LogP contribution is 2.38. The maximum atomic E-state index is 6.13. The summed E-state index contributed by atoms with van der Waals surface area (Å²) in [5.41, 5.74) is 2.15. The Labute approximate surface area is 120 Å². The summed E-state index contributed by atoms with van der Waals surface area (Å²) in [4.78, 5) is 4.58. The minimum absolute atomic E-state index is 0.154. The average Bonchev–Trinajstić information content (AvgIpc) is 2.49. The van der Waals surface area contributed by atoms with Gasteiger partial charge >= 0.3 is 0 Å². The van der Waals surface area contributed by atoms with E-state index in [2.05, 4.69) is 41.5 Å². The van der Waals surface area contributed by atoms with Gasteiger partial charge in [-0.25, -0.2) is 0 Å². The molecule has 0 radical (unpaired) electrons. The summed E-state index contributed by atoms with van der Waals surface area (Å²) in [6, 6.07) is 10.7. The molecule has 2 aromatic rings. The molecule has 0 saturated carbocycles. The Morgan fingerprint density at radius 2 is 2.10 bits per heavy atom. The standard InChI is InChI=1S/C17H22N2O/c1-17(10-3-4-12-20-17)16(18-2)14-9-5-7-13-8-6-11-19-15(13)14/h5-9,11,16,18H,3-4,10,12H2,1-2H3. The fraction of sp³-hybridized carbons (Fsp3) is 0.471. The number of pyridine rings is 1. The van der Waals surface area contributed by atoms with Gasteiger partial charge in [0, 0.05) is 18.2 Å². The van der Waals surface area contributed by atoms with E-state index in [9.17, 15) is 0 Å². The van der Waals surface area contributed by atoms with E-state index in [0.29, 0.717) is 0 Å². The van der Waals surface area contributed by atoms with Crippen molar-refractivity contribution in [1.29, 1.82) is 0 Å². The second kappa shape index (κ2) is 5.51. The van der Waals surface area contributed by atoms with E-state index in [1.165, 1.54) is 23.8 Å². The normalized spacial score (nSPS) is 24.7. The fourth-order valence-corrected chi connectivity index (χ4v) is 3.33. The molecule has 0 aliphatic carbocycles. The Morgan fingerprint density at radius 1 is 1.25 bits per heavy atom. The van der Waals surface area contributed by atoms with Gasteiger partial charge in [-0.1, -0.05) is 24.3 Å². The number of aromatic nitrogens is 1. The molecule has 0 spiro atoms. The van der Waals surface area contributed by atoms with Crippen LogP contribution in [0.25, 0.3) is 10.9 Å². The van der Waals surface area contributed by atoms with Gasteiger partial charge in [0.05, 0.1) is 17.2 Å². The molecule has 1 aliphatic rings. The predicted molar refractivity (Wildman–Crippen MR) is 81.8 cm³/mol. The zero-order valence-electron chi connectivity index (χ0n) is 12.2. The number of rotatable bonds is 3. The van der Waals surface area contributed by atoms with Crippen molar-refractivity contribution < 1.29 is 4.74 Å². The summed E-state index contributed by atoms with van der Waals surface area (Å²) in [5.74, 6) is 0. The lowest BCUT2D eigenvalue weighted by Crippen LogP contribution is -2.45. The van der Waals surface area contributed by atoms with Gasteiger partial charge in [-0.05, 0) is 44.9 Å². The number of hydrogen-bond acceptors (Lipinski definition) is 3. The van der Waals surface area contributed by atoms with Crippen LogP contribution >= 0.6 is 0 Å². The number of ether oxygens (including phenoxy) is 1. The van der Waals surface area contributed by atoms with Crippen LogP contribution < -0.4 is 5.32 Å². The van der Waals surface area contributed by atoms with E-state index < -0.39 is 0 Å². The molecular weight excluding hydrogens is 248 g/mol. The lowest BCUT2D eigenvalue weighted by Gasteiger charge is -2.41. The Bertz CT molecular complexity index is 585. The molecule has 2 atom stereocenters.